The Labute approximate surface area is 167 Å². The molecule has 1 aromatic carbocycles. The molecule has 26 heavy (non-hydrogen) atoms. The Balaban J connectivity index is 1.25. The van der Waals surface area contributed by atoms with Crippen LogP contribution in [0.25, 0.3) is 10.9 Å². The molecule has 1 heterocycles. The lowest BCUT2D eigenvalue weighted by atomic mass is 9.53. The number of hydrogen-bond donors (Lipinski definition) is 3. The second-order valence-electron chi connectivity index (χ2n) is 8.46. The van der Waals surface area contributed by atoms with E-state index in [2.05, 4.69) is 48.9 Å². The minimum absolute atomic E-state index is 0.222. The van der Waals surface area contributed by atoms with Gasteiger partial charge in [-0.3, -0.25) is 5.43 Å². The summed E-state index contributed by atoms with van der Waals surface area (Å²) in [7, 11) is 0. The van der Waals surface area contributed by atoms with Gasteiger partial charge in [0.15, 0.2) is 5.11 Å². The topological polar surface area (TPSA) is 52.2 Å². The maximum absolute atomic E-state index is 5.55. The molecule has 4 nitrogen and oxygen atoms in total. The molecule has 0 amide bonds. The SMILES string of the molecule is S=C(N/N=C\c1c[nH]c2ccc(Br)cc12)NC12CC3CC(CC(C3)C1)C2. The number of H-pyrrole nitrogens is 1. The van der Waals surface area contributed by atoms with Crippen LogP contribution in [0.15, 0.2) is 34.0 Å². The summed E-state index contributed by atoms with van der Waals surface area (Å²) in [5.74, 6) is 2.72. The van der Waals surface area contributed by atoms with Gasteiger partial charge in [-0.15, -0.1) is 0 Å². The molecule has 0 spiro atoms. The van der Waals surface area contributed by atoms with Gasteiger partial charge in [-0.05, 0) is 86.7 Å². The van der Waals surface area contributed by atoms with Crippen molar-refractivity contribution in [3.8, 4) is 0 Å². The first-order valence-electron chi connectivity index (χ1n) is 9.46. The monoisotopic (exact) mass is 430 g/mol. The van der Waals surface area contributed by atoms with Crippen molar-refractivity contribution in [2.75, 3.05) is 0 Å². The molecule has 6 heteroatoms. The van der Waals surface area contributed by atoms with E-state index in [1.54, 1.807) is 0 Å². The van der Waals surface area contributed by atoms with Crippen LogP contribution in [0.5, 0.6) is 0 Å². The van der Waals surface area contributed by atoms with Crippen molar-refractivity contribution in [1.82, 2.24) is 15.7 Å². The molecule has 0 saturated heterocycles. The largest absolute Gasteiger partial charge is 0.361 e. The average molecular weight is 431 g/mol. The van der Waals surface area contributed by atoms with E-state index in [9.17, 15) is 0 Å². The molecule has 3 N–H and O–H groups in total. The molecule has 1 aromatic heterocycles. The van der Waals surface area contributed by atoms with Gasteiger partial charge in [-0.25, -0.2) is 0 Å². The van der Waals surface area contributed by atoms with Crippen molar-refractivity contribution in [2.24, 2.45) is 22.9 Å². The van der Waals surface area contributed by atoms with Crippen LogP contribution >= 0.6 is 28.1 Å². The summed E-state index contributed by atoms with van der Waals surface area (Å²) < 4.78 is 1.06. The fraction of sp³-hybridized carbons (Fsp3) is 0.500. The number of thiocarbonyl (C=S) groups is 1. The van der Waals surface area contributed by atoms with Gasteiger partial charge in [0.25, 0.3) is 0 Å². The molecule has 136 valence electrons. The molecule has 0 aliphatic heterocycles. The number of rotatable bonds is 3. The number of aromatic amines is 1. The van der Waals surface area contributed by atoms with Crippen molar-refractivity contribution in [2.45, 2.75) is 44.1 Å². The summed E-state index contributed by atoms with van der Waals surface area (Å²) in [6.45, 7) is 0. The van der Waals surface area contributed by atoms with Gasteiger partial charge >= 0.3 is 0 Å². The molecule has 0 radical (unpaired) electrons. The smallest absolute Gasteiger partial charge is 0.187 e. The fourth-order valence-corrected chi connectivity index (χ4v) is 6.54. The summed E-state index contributed by atoms with van der Waals surface area (Å²) in [5.41, 5.74) is 5.41. The van der Waals surface area contributed by atoms with E-state index < -0.39 is 0 Å². The van der Waals surface area contributed by atoms with E-state index in [1.807, 2.05) is 18.5 Å². The van der Waals surface area contributed by atoms with E-state index >= 15 is 0 Å². The van der Waals surface area contributed by atoms with Crippen molar-refractivity contribution in [1.29, 1.82) is 0 Å². The summed E-state index contributed by atoms with van der Waals surface area (Å²) in [6, 6.07) is 6.19. The molecule has 0 unspecified atom stereocenters. The number of halogens is 1. The Morgan fingerprint density at radius 3 is 2.58 bits per heavy atom. The van der Waals surface area contributed by atoms with E-state index in [4.69, 9.17) is 12.2 Å². The van der Waals surface area contributed by atoms with Crippen LogP contribution in [-0.2, 0) is 0 Å². The molecule has 4 aliphatic rings. The molecule has 6 rings (SSSR count). The van der Waals surface area contributed by atoms with Crippen LogP contribution in [0, 0.1) is 17.8 Å². The predicted octanol–water partition coefficient (Wildman–Crippen LogP) is 4.70. The molecule has 4 bridgehead atoms. The van der Waals surface area contributed by atoms with Gasteiger partial charge < -0.3 is 10.3 Å². The van der Waals surface area contributed by atoms with Crippen LogP contribution < -0.4 is 10.7 Å². The lowest BCUT2D eigenvalue weighted by Crippen LogP contribution is -2.61. The second kappa shape index (κ2) is 6.34. The Hall–Kier alpha value is -1.40. The first-order valence-corrected chi connectivity index (χ1v) is 10.7. The third kappa shape index (κ3) is 3.07. The molecule has 4 aliphatic carbocycles. The van der Waals surface area contributed by atoms with Gasteiger partial charge in [0.05, 0.1) is 6.21 Å². The zero-order valence-electron chi connectivity index (χ0n) is 14.6. The number of aromatic nitrogens is 1. The van der Waals surface area contributed by atoms with Crippen LogP contribution in [0.2, 0.25) is 0 Å². The Kier molecular flexibility index (Phi) is 4.09. The van der Waals surface area contributed by atoms with Gasteiger partial charge in [-0.2, -0.15) is 5.10 Å². The summed E-state index contributed by atoms with van der Waals surface area (Å²) in [6.07, 6.45) is 12.0. The first kappa shape index (κ1) is 16.8. The fourth-order valence-electron chi connectivity index (χ4n) is 5.91. The van der Waals surface area contributed by atoms with Crippen LogP contribution in [-0.4, -0.2) is 21.8 Å². The normalized spacial score (nSPS) is 32.4. The van der Waals surface area contributed by atoms with Gasteiger partial charge in [0, 0.05) is 32.7 Å². The van der Waals surface area contributed by atoms with Crippen molar-refractivity contribution in [3.05, 3.63) is 34.4 Å². The molecular formula is C20H23BrN4S. The third-order valence-electron chi connectivity index (χ3n) is 6.46. The highest BCUT2D eigenvalue weighted by atomic mass is 79.9. The summed E-state index contributed by atoms with van der Waals surface area (Å²) in [5, 5.41) is 9.82. The van der Waals surface area contributed by atoms with E-state index in [0.717, 1.165) is 38.7 Å². The van der Waals surface area contributed by atoms with Crippen molar-refractivity contribution >= 4 is 50.4 Å². The highest BCUT2D eigenvalue weighted by molar-refractivity contribution is 9.10. The van der Waals surface area contributed by atoms with E-state index in [-0.39, 0.29) is 5.54 Å². The number of nitrogens with one attached hydrogen (secondary N) is 3. The molecular weight excluding hydrogens is 408 g/mol. The van der Waals surface area contributed by atoms with E-state index in [1.165, 1.54) is 38.5 Å². The predicted molar refractivity (Wildman–Crippen MR) is 113 cm³/mol. The van der Waals surface area contributed by atoms with Gasteiger partial charge in [0.2, 0.25) is 0 Å². The first-order chi connectivity index (χ1) is 12.6. The van der Waals surface area contributed by atoms with Crippen LogP contribution in [0.4, 0.5) is 0 Å². The lowest BCUT2D eigenvalue weighted by Gasteiger charge is -2.57. The minimum Gasteiger partial charge on any atom is -0.361 e. The average Bonchev–Trinajstić information content (AvgIpc) is 2.95. The number of hydrazone groups is 1. The molecule has 4 fully saturated rings. The standard InChI is InChI=1S/C20H23BrN4S/c21-16-1-2-18-17(6-16)15(10-22-18)11-23-25-19(26)24-20-7-12-3-13(8-20)5-14(4-12)9-20/h1-2,6,10-14,22H,3-5,7-9H2,(H2,24,25,26)/b23-11-. The van der Waals surface area contributed by atoms with Gasteiger partial charge in [0.1, 0.15) is 0 Å². The van der Waals surface area contributed by atoms with Crippen molar-refractivity contribution < 1.29 is 0 Å². The maximum atomic E-state index is 5.55. The number of benzene rings is 1. The lowest BCUT2D eigenvalue weighted by molar-refractivity contribution is -0.0101. The Bertz CT molecular complexity index is 852. The van der Waals surface area contributed by atoms with Gasteiger partial charge in [-0.1, -0.05) is 15.9 Å². The maximum Gasteiger partial charge on any atom is 0.187 e. The summed E-state index contributed by atoms with van der Waals surface area (Å²) >= 11 is 9.07. The minimum atomic E-state index is 0.222. The third-order valence-corrected chi connectivity index (χ3v) is 7.15. The van der Waals surface area contributed by atoms with Crippen molar-refractivity contribution in [3.63, 3.8) is 0 Å². The molecule has 4 saturated carbocycles. The van der Waals surface area contributed by atoms with Crippen LogP contribution in [0.3, 0.4) is 0 Å². The zero-order chi connectivity index (χ0) is 17.7. The number of nitrogens with zero attached hydrogens (tertiary/aromatic N) is 1. The highest BCUT2D eigenvalue weighted by Gasteiger charge is 2.51. The Morgan fingerprint density at radius 2 is 1.88 bits per heavy atom. The van der Waals surface area contributed by atoms with E-state index in [0.29, 0.717) is 5.11 Å². The Morgan fingerprint density at radius 1 is 1.19 bits per heavy atom. The molecule has 0 atom stereocenters. The van der Waals surface area contributed by atoms with Crippen LogP contribution in [0.1, 0.15) is 44.1 Å². The number of fused-ring (bicyclic) bond motifs is 1. The number of hydrogen-bond acceptors (Lipinski definition) is 2. The summed E-state index contributed by atoms with van der Waals surface area (Å²) in [4.78, 5) is 3.27. The highest BCUT2D eigenvalue weighted by Crippen LogP contribution is 2.55. The zero-order valence-corrected chi connectivity index (χ0v) is 17.0. The molecule has 2 aromatic rings. The second-order valence-corrected chi connectivity index (χ2v) is 9.78. The quantitative estimate of drug-likeness (QED) is 0.375.